The second kappa shape index (κ2) is 4.22. The third-order valence-electron chi connectivity index (χ3n) is 2.32. The molecule has 1 N–H and O–H groups in total. The Morgan fingerprint density at radius 2 is 2.08 bits per heavy atom. The molecule has 0 atom stereocenters. The lowest BCUT2D eigenvalue weighted by atomic mass is 9.96. The Labute approximate surface area is 80.3 Å². The third-order valence-corrected chi connectivity index (χ3v) is 2.32. The van der Waals surface area contributed by atoms with Crippen molar-refractivity contribution in [2.75, 3.05) is 0 Å². The van der Waals surface area contributed by atoms with E-state index < -0.39 is 0 Å². The van der Waals surface area contributed by atoms with Gasteiger partial charge in [-0.25, -0.2) is 0 Å². The van der Waals surface area contributed by atoms with Crippen LogP contribution in [0.4, 0.5) is 0 Å². The fraction of sp³-hybridized carbons (Fsp3) is 0.417. The number of hydrogen-bond acceptors (Lipinski definition) is 1. The van der Waals surface area contributed by atoms with E-state index in [1.807, 2.05) is 6.92 Å². The van der Waals surface area contributed by atoms with Gasteiger partial charge in [0.1, 0.15) is 0 Å². The zero-order valence-electron chi connectivity index (χ0n) is 8.65. The molecular weight excluding hydrogens is 158 g/mol. The first-order valence-corrected chi connectivity index (χ1v) is 4.76. The summed E-state index contributed by atoms with van der Waals surface area (Å²) in [6, 6.07) is 6.35. The van der Waals surface area contributed by atoms with Crippen molar-refractivity contribution in [3.8, 4) is 0 Å². The van der Waals surface area contributed by atoms with Crippen molar-refractivity contribution < 1.29 is 0 Å². The summed E-state index contributed by atoms with van der Waals surface area (Å²) in [4.78, 5) is 0. The van der Waals surface area contributed by atoms with Crippen molar-refractivity contribution in [2.45, 2.75) is 33.6 Å². The van der Waals surface area contributed by atoms with Crippen LogP contribution >= 0.6 is 0 Å². The topological polar surface area (TPSA) is 23.9 Å². The molecule has 0 aliphatic rings. The van der Waals surface area contributed by atoms with E-state index in [2.05, 4.69) is 32.0 Å². The highest BCUT2D eigenvalue weighted by Crippen LogP contribution is 2.15. The van der Waals surface area contributed by atoms with E-state index in [9.17, 15) is 0 Å². The zero-order chi connectivity index (χ0) is 9.84. The van der Waals surface area contributed by atoms with Crippen molar-refractivity contribution in [2.24, 2.45) is 0 Å². The van der Waals surface area contributed by atoms with Crippen molar-refractivity contribution in [3.05, 3.63) is 34.9 Å². The Kier molecular flexibility index (Phi) is 3.24. The van der Waals surface area contributed by atoms with Gasteiger partial charge in [0, 0.05) is 12.1 Å². The Bertz CT molecular complexity index is 313. The molecule has 1 aromatic rings. The molecule has 0 saturated heterocycles. The summed E-state index contributed by atoms with van der Waals surface area (Å²) in [6.45, 7) is 6.18. The van der Waals surface area contributed by atoms with Gasteiger partial charge in [-0.15, -0.1) is 0 Å². The highest BCUT2D eigenvalue weighted by Gasteiger charge is 2.03. The maximum absolute atomic E-state index is 7.47. The molecule has 0 aliphatic heterocycles. The summed E-state index contributed by atoms with van der Waals surface area (Å²) in [5.41, 5.74) is 4.81. The molecule has 0 spiro atoms. The Hall–Kier alpha value is -1.11. The summed E-state index contributed by atoms with van der Waals surface area (Å²) in [5, 5.41) is 7.47. The normalized spacial score (nSPS) is 10.1. The standard InChI is InChI=1S/C12H17N/c1-4-12-9(2)6-5-7-11(12)8-10(3)13/h5-7,13H,4,8H2,1-3H3. The van der Waals surface area contributed by atoms with Crippen molar-refractivity contribution in [3.63, 3.8) is 0 Å². The number of rotatable bonds is 3. The maximum atomic E-state index is 7.47. The van der Waals surface area contributed by atoms with Gasteiger partial charge in [0.25, 0.3) is 0 Å². The fourth-order valence-electron chi connectivity index (χ4n) is 1.72. The smallest absolute Gasteiger partial charge is 0.0102 e. The number of benzene rings is 1. The molecule has 0 aromatic heterocycles. The average molecular weight is 175 g/mol. The molecule has 1 aromatic carbocycles. The van der Waals surface area contributed by atoms with Crippen LogP contribution in [-0.4, -0.2) is 5.71 Å². The van der Waals surface area contributed by atoms with Crippen molar-refractivity contribution in [1.82, 2.24) is 0 Å². The first-order valence-electron chi connectivity index (χ1n) is 4.76. The number of aryl methyl sites for hydroxylation is 1. The fourth-order valence-corrected chi connectivity index (χ4v) is 1.72. The van der Waals surface area contributed by atoms with Crippen LogP contribution in [0.15, 0.2) is 18.2 Å². The van der Waals surface area contributed by atoms with Crippen LogP contribution in [0.3, 0.4) is 0 Å². The highest BCUT2D eigenvalue weighted by molar-refractivity contribution is 5.81. The Balaban J connectivity index is 3.05. The largest absolute Gasteiger partial charge is 0.310 e. The van der Waals surface area contributed by atoms with E-state index in [-0.39, 0.29) is 0 Å². The van der Waals surface area contributed by atoms with Crippen LogP contribution in [-0.2, 0) is 12.8 Å². The van der Waals surface area contributed by atoms with E-state index in [4.69, 9.17) is 5.41 Å². The van der Waals surface area contributed by atoms with Gasteiger partial charge >= 0.3 is 0 Å². The van der Waals surface area contributed by atoms with Crippen molar-refractivity contribution >= 4 is 5.71 Å². The summed E-state index contributed by atoms with van der Waals surface area (Å²) in [7, 11) is 0. The second-order valence-electron chi connectivity index (χ2n) is 3.52. The van der Waals surface area contributed by atoms with Crippen LogP contribution in [0.2, 0.25) is 0 Å². The predicted molar refractivity (Wildman–Crippen MR) is 57.7 cm³/mol. The predicted octanol–water partition coefficient (Wildman–Crippen LogP) is 3.14. The Morgan fingerprint density at radius 3 is 2.62 bits per heavy atom. The van der Waals surface area contributed by atoms with Gasteiger partial charge in [-0.05, 0) is 37.0 Å². The summed E-state index contributed by atoms with van der Waals surface area (Å²) in [5.74, 6) is 0. The average Bonchev–Trinajstić information content (AvgIpc) is 2.03. The van der Waals surface area contributed by atoms with Gasteiger partial charge in [0.2, 0.25) is 0 Å². The molecule has 0 saturated carbocycles. The molecule has 0 bridgehead atoms. The lowest BCUT2D eigenvalue weighted by Gasteiger charge is -2.09. The summed E-state index contributed by atoms with van der Waals surface area (Å²) < 4.78 is 0. The zero-order valence-corrected chi connectivity index (χ0v) is 8.65. The molecule has 13 heavy (non-hydrogen) atoms. The molecule has 1 nitrogen and oxygen atoms in total. The molecule has 1 heteroatoms. The van der Waals surface area contributed by atoms with Gasteiger partial charge < -0.3 is 5.41 Å². The van der Waals surface area contributed by atoms with Crippen LogP contribution in [0, 0.1) is 12.3 Å². The lowest BCUT2D eigenvalue weighted by molar-refractivity contribution is 1.06. The number of nitrogens with one attached hydrogen (secondary N) is 1. The van der Waals surface area contributed by atoms with Crippen molar-refractivity contribution in [1.29, 1.82) is 5.41 Å². The monoisotopic (exact) mass is 175 g/mol. The van der Waals surface area contributed by atoms with E-state index in [1.165, 1.54) is 16.7 Å². The van der Waals surface area contributed by atoms with Crippen LogP contribution in [0.5, 0.6) is 0 Å². The molecule has 1 rings (SSSR count). The van der Waals surface area contributed by atoms with Crippen LogP contribution in [0.1, 0.15) is 30.5 Å². The molecule has 0 heterocycles. The number of hydrogen-bond donors (Lipinski definition) is 1. The minimum absolute atomic E-state index is 0.736. The van der Waals surface area contributed by atoms with Gasteiger partial charge in [-0.3, -0.25) is 0 Å². The van der Waals surface area contributed by atoms with Gasteiger partial charge in [-0.1, -0.05) is 25.1 Å². The summed E-state index contributed by atoms with van der Waals surface area (Å²) >= 11 is 0. The van der Waals surface area contributed by atoms with E-state index in [0.29, 0.717) is 0 Å². The second-order valence-corrected chi connectivity index (χ2v) is 3.52. The first kappa shape index (κ1) is 9.97. The molecule has 0 fully saturated rings. The molecule has 0 amide bonds. The highest BCUT2D eigenvalue weighted by atomic mass is 14.4. The first-order chi connectivity index (χ1) is 6.15. The Morgan fingerprint density at radius 1 is 1.38 bits per heavy atom. The summed E-state index contributed by atoms with van der Waals surface area (Å²) in [6.07, 6.45) is 1.86. The van der Waals surface area contributed by atoms with Gasteiger partial charge in [-0.2, -0.15) is 0 Å². The van der Waals surface area contributed by atoms with E-state index >= 15 is 0 Å². The molecule has 0 aliphatic carbocycles. The van der Waals surface area contributed by atoms with Gasteiger partial charge in [0.05, 0.1) is 0 Å². The SMILES string of the molecule is CCc1c(C)cccc1CC(C)=N. The molecule has 0 unspecified atom stereocenters. The minimum atomic E-state index is 0.736. The molecule has 0 radical (unpaired) electrons. The van der Waals surface area contributed by atoms with E-state index in [0.717, 1.165) is 18.6 Å². The third kappa shape index (κ3) is 2.41. The van der Waals surface area contributed by atoms with Gasteiger partial charge in [0.15, 0.2) is 0 Å². The maximum Gasteiger partial charge on any atom is 0.0102 e. The minimum Gasteiger partial charge on any atom is -0.310 e. The van der Waals surface area contributed by atoms with Crippen LogP contribution < -0.4 is 0 Å². The molecular formula is C12H17N. The van der Waals surface area contributed by atoms with E-state index in [1.54, 1.807) is 0 Å². The lowest BCUT2D eigenvalue weighted by Crippen LogP contribution is -2.01. The molecule has 70 valence electrons. The van der Waals surface area contributed by atoms with Crippen LogP contribution in [0.25, 0.3) is 0 Å². The quantitative estimate of drug-likeness (QED) is 0.682.